The SMILES string of the molecule is COc1ccc(NC2CCOCC2)cc1OC(F)F. The van der Waals surface area contributed by atoms with Crippen LogP contribution < -0.4 is 14.8 Å². The van der Waals surface area contributed by atoms with E-state index in [1.165, 1.54) is 13.2 Å². The highest BCUT2D eigenvalue weighted by atomic mass is 19.3. The minimum Gasteiger partial charge on any atom is -0.493 e. The molecule has 1 fully saturated rings. The van der Waals surface area contributed by atoms with Crippen LogP contribution in [-0.2, 0) is 4.74 Å². The summed E-state index contributed by atoms with van der Waals surface area (Å²) in [5, 5.41) is 3.29. The van der Waals surface area contributed by atoms with E-state index >= 15 is 0 Å². The third-order valence-electron chi connectivity index (χ3n) is 2.97. The average Bonchev–Trinajstić information content (AvgIpc) is 2.39. The maximum atomic E-state index is 12.3. The molecule has 19 heavy (non-hydrogen) atoms. The van der Waals surface area contributed by atoms with E-state index in [1.807, 2.05) is 0 Å². The third kappa shape index (κ3) is 3.96. The van der Waals surface area contributed by atoms with Crippen molar-refractivity contribution in [3.63, 3.8) is 0 Å². The number of alkyl halides is 2. The predicted octanol–water partition coefficient (Wildman–Crippen LogP) is 2.89. The van der Waals surface area contributed by atoms with Gasteiger partial charge in [0.05, 0.1) is 7.11 Å². The van der Waals surface area contributed by atoms with Crippen molar-refractivity contribution in [2.75, 3.05) is 25.6 Å². The predicted molar refractivity (Wildman–Crippen MR) is 67.1 cm³/mol. The van der Waals surface area contributed by atoms with Crippen molar-refractivity contribution in [3.05, 3.63) is 18.2 Å². The lowest BCUT2D eigenvalue weighted by Gasteiger charge is -2.24. The number of methoxy groups -OCH3 is 1. The standard InChI is InChI=1S/C13H17F2NO3/c1-17-11-3-2-10(8-12(11)19-13(14)15)16-9-4-6-18-7-5-9/h2-3,8-9,13,16H,4-7H2,1H3. The molecule has 1 aromatic rings. The highest BCUT2D eigenvalue weighted by Gasteiger charge is 2.15. The van der Waals surface area contributed by atoms with Gasteiger partial charge in [0.2, 0.25) is 0 Å². The first-order valence-corrected chi connectivity index (χ1v) is 6.16. The van der Waals surface area contributed by atoms with E-state index in [0.29, 0.717) is 19.3 Å². The van der Waals surface area contributed by atoms with Gasteiger partial charge < -0.3 is 19.5 Å². The zero-order valence-electron chi connectivity index (χ0n) is 10.7. The number of anilines is 1. The second-order valence-electron chi connectivity index (χ2n) is 4.28. The molecule has 1 aliphatic rings. The van der Waals surface area contributed by atoms with Gasteiger partial charge in [0.25, 0.3) is 0 Å². The zero-order chi connectivity index (χ0) is 13.7. The smallest absolute Gasteiger partial charge is 0.387 e. The van der Waals surface area contributed by atoms with Crippen LogP contribution in [0.25, 0.3) is 0 Å². The Kier molecular flexibility index (Phi) is 4.79. The van der Waals surface area contributed by atoms with Gasteiger partial charge in [-0.2, -0.15) is 8.78 Å². The Bertz CT molecular complexity index is 409. The molecule has 1 aliphatic heterocycles. The summed E-state index contributed by atoms with van der Waals surface area (Å²) < 4.78 is 39.3. The zero-order valence-corrected chi connectivity index (χ0v) is 10.7. The first kappa shape index (κ1) is 13.9. The minimum absolute atomic E-state index is 0.0366. The first-order chi connectivity index (χ1) is 9.19. The molecule has 0 aliphatic carbocycles. The fraction of sp³-hybridized carbons (Fsp3) is 0.538. The molecule has 0 unspecified atom stereocenters. The molecule has 1 aromatic carbocycles. The van der Waals surface area contributed by atoms with Gasteiger partial charge in [0, 0.05) is 31.0 Å². The fourth-order valence-corrected chi connectivity index (χ4v) is 2.03. The quantitative estimate of drug-likeness (QED) is 0.895. The molecule has 0 bridgehead atoms. The molecule has 1 saturated heterocycles. The molecule has 0 aromatic heterocycles. The van der Waals surface area contributed by atoms with Crippen LogP contribution in [-0.4, -0.2) is 33.0 Å². The van der Waals surface area contributed by atoms with Crippen LogP contribution >= 0.6 is 0 Å². The molecule has 6 heteroatoms. The van der Waals surface area contributed by atoms with Crippen LogP contribution in [0.2, 0.25) is 0 Å². The lowest BCUT2D eigenvalue weighted by molar-refractivity contribution is -0.0511. The average molecular weight is 273 g/mol. The van der Waals surface area contributed by atoms with Crippen molar-refractivity contribution in [2.45, 2.75) is 25.5 Å². The lowest BCUT2D eigenvalue weighted by atomic mass is 10.1. The van der Waals surface area contributed by atoms with Gasteiger partial charge in [-0.25, -0.2) is 0 Å². The molecule has 0 saturated carbocycles. The lowest BCUT2D eigenvalue weighted by Crippen LogP contribution is -2.27. The van der Waals surface area contributed by atoms with Gasteiger partial charge in [0.15, 0.2) is 11.5 Å². The summed E-state index contributed by atoms with van der Waals surface area (Å²) >= 11 is 0. The van der Waals surface area contributed by atoms with E-state index < -0.39 is 6.61 Å². The first-order valence-electron chi connectivity index (χ1n) is 6.16. The largest absolute Gasteiger partial charge is 0.493 e. The molecule has 0 radical (unpaired) electrons. The van der Waals surface area contributed by atoms with E-state index in [9.17, 15) is 8.78 Å². The number of halogens is 2. The number of ether oxygens (including phenoxy) is 3. The molecule has 0 atom stereocenters. The molecule has 0 amide bonds. The Labute approximate surface area is 110 Å². The summed E-state index contributed by atoms with van der Waals surface area (Å²) in [7, 11) is 1.42. The molecule has 0 spiro atoms. The molecular formula is C13H17F2NO3. The Morgan fingerprint density at radius 1 is 1.26 bits per heavy atom. The number of rotatable bonds is 5. The van der Waals surface area contributed by atoms with Gasteiger partial charge in [-0.1, -0.05) is 0 Å². The van der Waals surface area contributed by atoms with Crippen molar-refractivity contribution in [1.82, 2.24) is 0 Å². The van der Waals surface area contributed by atoms with Crippen molar-refractivity contribution >= 4 is 5.69 Å². The van der Waals surface area contributed by atoms with E-state index in [4.69, 9.17) is 9.47 Å². The normalized spacial score (nSPS) is 16.4. The van der Waals surface area contributed by atoms with Crippen LogP contribution in [0, 0.1) is 0 Å². The number of hydrogen-bond acceptors (Lipinski definition) is 4. The molecule has 2 rings (SSSR count). The Hall–Kier alpha value is -1.56. The van der Waals surface area contributed by atoms with Gasteiger partial charge >= 0.3 is 6.61 Å². The summed E-state index contributed by atoms with van der Waals surface area (Å²) in [6.45, 7) is -1.44. The summed E-state index contributed by atoms with van der Waals surface area (Å²) in [4.78, 5) is 0. The second-order valence-corrected chi connectivity index (χ2v) is 4.28. The topological polar surface area (TPSA) is 39.7 Å². The Morgan fingerprint density at radius 3 is 2.63 bits per heavy atom. The summed E-state index contributed by atoms with van der Waals surface area (Å²) in [5.74, 6) is 0.326. The highest BCUT2D eigenvalue weighted by Crippen LogP contribution is 2.32. The van der Waals surface area contributed by atoms with Crippen LogP contribution in [0.5, 0.6) is 11.5 Å². The summed E-state index contributed by atoms with van der Waals surface area (Å²) in [5.41, 5.74) is 0.739. The number of nitrogens with one attached hydrogen (secondary N) is 1. The highest BCUT2D eigenvalue weighted by molar-refractivity contribution is 5.55. The van der Waals surface area contributed by atoms with Crippen LogP contribution in [0.1, 0.15) is 12.8 Å². The Morgan fingerprint density at radius 2 is 2.00 bits per heavy atom. The van der Waals surface area contributed by atoms with Crippen LogP contribution in [0.15, 0.2) is 18.2 Å². The van der Waals surface area contributed by atoms with Crippen molar-refractivity contribution < 1.29 is 23.0 Å². The second kappa shape index (κ2) is 6.56. The van der Waals surface area contributed by atoms with Crippen LogP contribution in [0.3, 0.4) is 0 Å². The minimum atomic E-state index is -2.87. The van der Waals surface area contributed by atoms with E-state index in [0.717, 1.165) is 18.5 Å². The molecule has 1 heterocycles. The van der Waals surface area contributed by atoms with E-state index in [2.05, 4.69) is 10.1 Å². The van der Waals surface area contributed by atoms with E-state index in [-0.39, 0.29) is 11.5 Å². The van der Waals surface area contributed by atoms with Gasteiger partial charge in [-0.05, 0) is 25.0 Å². The van der Waals surface area contributed by atoms with Crippen molar-refractivity contribution in [1.29, 1.82) is 0 Å². The van der Waals surface area contributed by atoms with Gasteiger partial charge in [0.1, 0.15) is 0 Å². The van der Waals surface area contributed by atoms with Crippen LogP contribution in [0.4, 0.5) is 14.5 Å². The molecule has 4 nitrogen and oxygen atoms in total. The maximum Gasteiger partial charge on any atom is 0.387 e. The van der Waals surface area contributed by atoms with Crippen molar-refractivity contribution in [2.24, 2.45) is 0 Å². The molecular weight excluding hydrogens is 256 g/mol. The maximum absolute atomic E-state index is 12.3. The number of benzene rings is 1. The fourth-order valence-electron chi connectivity index (χ4n) is 2.03. The van der Waals surface area contributed by atoms with Gasteiger partial charge in [-0.3, -0.25) is 0 Å². The molecule has 1 N–H and O–H groups in total. The van der Waals surface area contributed by atoms with Crippen molar-refractivity contribution in [3.8, 4) is 11.5 Å². The van der Waals surface area contributed by atoms with Gasteiger partial charge in [-0.15, -0.1) is 0 Å². The monoisotopic (exact) mass is 273 g/mol. The number of hydrogen-bond donors (Lipinski definition) is 1. The van der Waals surface area contributed by atoms with E-state index in [1.54, 1.807) is 12.1 Å². The third-order valence-corrected chi connectivity index (χ3v) is 2.97. The summed E-state index contributed by atoms with van der Waals surface area (Å²) in [6, 6.07) is 5.22. The molecule has 106 valence electrons. The Balaban J connectivity index is 2.07. The summed E-state index contributed by atoms with van der Waals surface area (Å²) in [6.07, 6.45) is 1.80.